The third-order valence-electron chi connectivity index (χ3n) is 7.38. The summed E-state index contributed by atoms with van der Waals surface area (Å²) in [6.45, 7) is 16.5. The topological polar surface area (TPSA) is 151 Å². The van der Waals surface area contributed by atoms with E-state index in [1.54, 1.807) is 45.9 Å². The van der Waals surface area contributed by atoms with Crippen molar-refractivity contribution in [1.29, 1.82) is 0 Å². The summed E-state index contributed by atoms with van der Waals surface area (Å²) in [7, 11) is 0. The maximum absolute atomic E-state index is 14.6. The van der Waals surface area contributed by atoms with E-state index < -0.39 is 47.5 Å². The number of ether oxygens (including phenoxy) is 1. The summed E-state index contributed by atoms with van der Waals surface area (Å²) in [6, 6.07) is 7.67. The van der Waals surface area contributed by atoms with Crippen LogP contribution in [0.4, 0.5) is 10.5 Å². The summed E-state index contributed by atoms with van der Waals surface area (Å²) in [5, 5.41) is 16.9. The van der Waals surface area contributed by atoms with Crippen LogP contribution in [0.3, 0.4) is 0 Å². The standard InChI is InChI=1S/C34H50N4O6/c1-20(2)16-17-24(6)38(32(42)26(18-19-27(35)39)36-33(43)44-34(7,8)9)29(25-15-11-14-23(5)30(25)40)31(41)37-28-21(3)12-10-13-22(28)4/h10-15,20,24,26,29,40H,16-19H2,1-9H3,(H2,35,39)(H,36,43)(H,37,41). The lowest BCUT2D eigenvalue weighted by atomic mass is 9.94. The second-order valence-electron chi connectivity index (χ2n) is 12.9. The zero-order valence-corrected chi connectivity index (χ0v) is 27.6. The molecule has 0 aliphatic carbocycles. The number of carbonyl (C=O) groups excluding carboxylic acids is 4. The van der Waals surface area contributed by atoms with E-state index in [2.05, 4.69) is 24.5 Å². The first-order chi connectivity index (χ1) is 20.4. The second-order valence-corrected chi connectivity index (χ2v) is 12.9. The Morgan fingerprint density at radius 3 is 2.02 bits per heavy atom. The number of phenols is 1. The first kappa shape index (κ1) is 36.1. The molecule has 10 heteroatoms. The minimum absolute atomic E-state index is 0.105. The summed E-state index contributed by atoms with van der Waals surface area (Å²) < 4.78 is 5.42. The minimum Gasteiger partial charge on any atom is -0.507 e. The molecule has 0 saturated carbocycles. The van der Waals surface area contributed by atoms with Gasteiger partial charge in [0.05, 0.1) is 0 Å². The van der Waals surface area contributed by atoms with Crippen LogP contribution in [-0.2, 0) is 19.1 Å². The molecule has 242 valence electrons. The van der Waals surface area contributed by atoms with E-state index in [0.29, 0.717) is 23.6 Å². The Balaban J connectivity index is 2.74. The molecule has 3 unspecified atom stereocenters. The van der Waals surface area contributed by atoms with Crippen LogP contribution >= 0.6 is 0 Å². The lowest BCUT2D eigenvalue weighted by Gasteiger charge is -2.39. The predicted molar refractivity (Wildman–Crippen MR) is 172 cm³/mol. The number of phenolic OH excluding ortho intramolecular Hbond substituents is 1. The third kappa shape index (κ3) is 10.3. The molecule has 0 bridgehead atoms. The van der Waals surface area contributed by atoms with Crippen LogP contribution in [0.1, 0.15) is 95.5 Å². The van der Waals surface area contributed by atoms with Crippen molar-refractivity contribution < 1.29 is 29.0 Å². The van der Waals surface area contributed by atoms with Crippen molar-refractivity contribution in [3.8, 4) is 5.75 Å². The normalized spacial score (nSPS) is 13.5. The Hall–Kier alpha value is -4.08. The van der Waals surface area contributed by atoms with Crippen molar-refractivity contribution in [1.82, 2.24) is 10.2 Å². The summed E-state index contributed by atoms with van der Waals surface area (Å²) >= 11 is 0. The van der Waals surface area contributed by atoms with Gasteiger partial charge in [-0.1, -0.05) is 50.2 Å². The number of hydrogen-bond acceptors (Lipinski definition) is 6. The van der Waals surface area contributed by atoms with E-state index in [1.807, 2.05) is 39.0 Å². The zero-order valence-electron chi connectivity index (χ0n) is 27.6. The molecule has 0 saturated heterocycles. The molecule has 0 radical (unpaired) electrons. The first-order valence-electron chi connectivity index (χ1n) is 15.2. The van der Waals surface area contributed by atoms with Gasteiger partial charge >= 0.3 is 6.09 Å². The molecule has 44 heavy (non-hydrogen) atoms. The van der Waals surface area contributed by atoms with Gasteiger partial charge in [-0.15, -0.1) is 0 Å². The molecule has 0 fully saturated rings. The number of aryl methyl sites for hydroxylation is 3. The number of anilines is 1. The lowest BCUT2D eigenvalue weighted by Crippen LogP contribution is -2.55. The van der Waals surface area contributed by atoms with E-state index in [-0.39, 0.29) is 24.2 Å². The Labute approximate surface area is 261 Å². The Bertz CT molecular complexity index is 1310. The van der Waals surface area contributed by atoms with E-state index in [4.69, 9.17) is 10.5 Å². The Kier molecular flexibility index (Phi) is 12.8. The Morgan fingerprint density at radius 2 is 1.48 bits per heavy atom. The minimum atomic E-state index is -1.28. The lowest BCUT2D eigenvalue weighted by molar-refractivity contribution is -0.143. The van der Waals surface area contributed by atoms with Gasteiger partial charge in [0.1, 0.15) is 23.4 Å². The predicted octanol–water partition coefficient (Wildman–Crippen LogP) is 5.81. The molecule has 2 aromatic carbocycles. The number of carbonyl (C=O) groups is 4. The number of aromatic hydroxyl groups is 1. The maximum atomic E-state index is 14.6. The highest BCUT2D eigenvalue weighted by atomic mass is 16.6. The van der Waals surface area contributed by atoms with Crippen molar-refractivity contribution in [2.75, 3.05) is 5.32 Å². The van der Waals surface area contributed by atoms with Gasteiger partial charge in [-0.2, -0.15) is 0 Å². The fraction of sp³-hybridized carbons (Fsp3) is 0.529. The van der Waals surface area contributed by atoms with Crippen LogP contribution in [0.2, 0.25) is 0 Å². The van der Waals surface area contributed by atoms with Gasteiger partial charge in [-0.05, 0) is 90.3 Å². The molecule has 0 aliphatic rings. The van der Waals surface area contributed by atoms with Crippen molar-refractivity contribution in [2.45, 2.75) is 112 Å². The average molecular weight is 611 g/mol. The molecule has 0 aliphatic heterocycles. The van der Waals surface area contributed by atoms with Crippen LogP contribution in [-0.4, -0.2) is 51.5 Å². The van der Waals surface area contributed by atoms with Gasteiger partial charge in [0.25, 0.3) is 5.91 Å². The van der Waals surface area contributed by atoms with E-state index >= 15 is 0 Å². The van der Waals surface area contributed by atoms with Gasteiger partial charge in [-0.25, -0.2) is 4.79 Å². The zero-order chi connectivity index (χ0) is 33.4. The molecule has 0 spiro atoms. The highest BCUT2D eigenvalue weighted by molar-refractivity contribution is 6.00. The number of nitrogens with zero attached hydrogens (tertiary/aromatic N) is 1. The highest BCUT2D eigenvalue weighted by Gasteiger charge is 2.40. The number of nitrogens with one attached hydrogen (secondary N) is 2. The molecule has 0 heterocycles. The Morgan fingerprint density at radius 1 is 0.909 bits per heavy atom. The van der Waals surface area contributed by atoms with Gasteiger partial charge < -0.3 is 31.1 Å². The van der Waals surface area contributed by atoms with Crippen LogP contribution in [0.5, 0.6) is 5.75 Å². The van der Waals surface area contributed by atoms with Crippen LogP contribution in [0.25, 0.3) is 0 Å². The van der Waals surface area contributed by atoms with Crippen LogP contribution < -0.4 is 16.4 Å². The molecule has 5 N–H and O–H groups in total. The average Bonchev–Trinajstić information content (AvgIpc) is 2.90. The maximum Gasteiger partial charge on any atom is 0.408 e. The molecular formula is C34H50N4O6. The molecule has 2 aromatic rings. The first-order valence-corrected chi connectivity index (χ1v) is 15.2. The molecule has 4 amide bonds. The van der Waals surface area contributed by atoms with Crippen molar-refractivity contribution >= 4 is 29.5 Å². The monoisotopic (exact) mass is 610 g/mol. The SMILES string of the molecule is Cc1cccc(C(C(=O)Nc2c(C)cccc2C)N(C(=O)C(CCC(N)=O)NC(=O)OC(C)(C)C)C(C)CCC(C)C)c1O. The summed E-state index contributed by atoms with van der Waals surface area (Å²) in [4.78, 5) is 55.0. The highest BCUT2D eigenvalue weighted by Crippen LogP contribution is 2.36. The summed E-state index contributed by atoms with van der Waals surface area (Å²) in [6.07, 6.45) is 0.158. The summed E-state index contributed by atoms with van der Waals surface area (Å²) in [5.41, 5.74) is 7.65. The number of benzene rings is 2. The smallest absolute Gasteiger partial charge is 0.408 e. The number of alkyl carbamates (subject to hydrolysis) is 1. The van der Waals surface area contributed by atoms with Crippen molar-refractivity contribution in [3.63, 3.8) is 0 Å². The van der Waals surface area contributed by atoms with Gasteiger partial charge in [0, 0.05) is 23.7 Å². The third-order valence-corrected chi connectivity index (χ3v) is 7.38. The van der Waals surface area contributed by atoms with Crippen LogP contribution in [0, 0.1) is 26.7 Å². The molecular weight excluding hydrogens is 560 g/mol. The molecule has 3 atom stereocenters. The number of amides is 4. The number of hydrogen-bond donors (Lipinski definition) is 4. The van der Waals surface area contributed by atoms with Gasteiger partial charge in [0.2, 0.25) is 11.8 Å². The molecule has 2 rings (SSSR count). The molecule has 0 aromatic heterocycles. The largest absolute Gasteiger partial charge is 0.507 e. The number of rotatable bonds is 13. The van der Waals surface area contributed by atoms with Gasteiger partial charge in [0.15, 0.2) is 0 Å². The van der Waals surface area contributed by atoms with Crippen molar-refractivity contribution in [2.24, 2.45) is 11.7 Å². The van der Waals surface area contributed by atoms with Crippen molar-refractivity contribution in [3.05, 3.63) is 58.7 Å². The van der Waals surface area contributed by atoms with Crippen LogP contribution in [0.15, 0.2) is 36.4 Å². The van der Waals surface area contributed by atoms with Gasteiger partial charge in [-0.3, -0.25) is 14.4 Å². The number of nitrogens with two attached hydrogens (primary N) is 1. The quantitative estimate of drug-likeness (QED) is 0.225. The summed E-state index contributed by atoms with van der Waals surface area (Å²) in [5.74, 6) is -1.57. The fourth-order valence-electron chi connectivity index (χ4n) is 5.01. The van der Waals surface area contributed by atoms with E-state index in [1.165, 1.54) is 4.90 Å². The van der Waals surface area contributed by atoms with E-state index in [9.17, 15) is 24.3 Å². The fourth-order valence-corrected chi connectivity index (χ4v) is 5.01. The molecule has 10 nitrogen and oxygen atoms in total. The number of primary amides is 1. The van der Waals surface area contributed by atoms with E-state index in [0.717, 1.165) is 17.5 Å². The second kappa shape index (κ2) is 15.6. The number of para-hydroxylation sites is 2.